The molecule has 2 heterocycles. The zero-order valence-corrected chi connectivity index (χ0v) is 10.8. The van der Waals surface area contributed by atoms with Gasteiger partial charge in [0.1, 0.15) is 11.5 Å². The Balaban J connectivity index is 1.76. The second-order valence-electron chi connectivity index (χ2n) is 4.76. The fourth-order valence-electron chi connectivity index (χ4n) is 2.21. The van der Waals surface area contributed by atoms with Gasteiger partial charge in [-0.05, 0) is 23.8 Å². The lowest BCUT2D eigenvalue weighted by molar-refractivity contribution is 0.0691. The molecule has 3 rings (SSSR count). The number of rotatable bonds is 3. The normalized spacial score (nSPS) is 13.3. The number of carbonyl (C=O) groups is 1. The summed E-state index contributed by atoms with van der Waals surface area (Å²) in [5.41, 5.74) is 1.43. The number of hydrogen-bond acceptors (Lipinski definition) is 3. The van der Waals surface area contributed by atoms with Gasteiger partial charge in [-0.1, -0.05) is 6.07 Å². The number of hydrogen-bond donors (Lipinski definition) is 2. The van der Waals surface area contributed by atoms with Gasteiger partial charge in [-0.2, -0.15) is 0 Å². The van der Waals surface area contributed by atoms with Crippen LogP contribution in [0.4, 0.5) is 14.6 Å². The average molecular weight is 291 g/mol. The SMILES string of the molecule is O=C(O)c1cc2c([nH]1)N=CN(Cc1ccc(F)c(F)c1)C2. The van der Waals surface area contributed by atoms with Gasteiger partial charge in [0.05, 0.1) is 6.34 Å². The van der Waals surface area contributed by atoms with Crippen molar-refractivity contribution in [3.05, 3.63) is 52.7 Å². The first kappa shape index (κ1) is 13.3. The molecule has 0 fully saturated rings. The molecule has 0 atom stereocenters. The van der Waals surface area contributed by atoms with Crippen LogP contribution in [0, 0.1) is 11.6 Å². The Bertz CT molecular complexity index is 740. The smallest absolute Gasteiger partial charge is 0.352 e. The molecule has 0 bridgehead atoms. The largest absolute Gasteiger partial charge is 0.477 e. The summed E-state index contributed by atoms with van der Waals surface area (Å²) >= 11 is 0. The molecule has 0 saturated heterocycles. The number of fused-ring (bicyclic) bond motifs is 1. The number of carboxylic acid groups (broad SMARTS) is 1. The maximum absolute atomic E-state index is 13.2. The van der Waals surface area contributed by atoms with Gasteiger partial charge in [0, 0.05) is 18.7 Å². The van der Waals surface area contributed by atoms with E-state index in [2.05, 4.69) is 9.98 Å². The number of aromatic nitrogens is 1. The summed E-state index contributed by atoms with van der Waals surface area (Å²) in [5.74, 6) is -2.32. The molecule has 1 aliphatic rings. The molecule has 0 aliphatic carbocycles. The summed E-state index contributed by atoms with van der Waals surface area (Å²) in [6, 6.07) is 5.24. The van der Waals surface area contributed by atoms with E-state index in [1.165, 1.54) is 12.1 Å². The van der Waals surface area contributed by atoms with E-state index in [-0.39, 0.29) is 5.69 Å². The molecule has 7 heteroatoms. The van der Waals surface area contributed by atoms with Crippen LogP contribution < -0.4 is 0 Å². The van der Waals surface area contributed by atoms with Crippen LogP contribution in [0.3, 0.4) is 0 Å². The Hall–Kier alpha value is -2.70. The van der Waals surface area contributed by atoms with E-state index in [1.807, 2.05) is 0 Å². The number of aliphatic imine (C=N–C) groups is 1. The third-order valence-corrected chi connectivity index (χ3v) is 3.20. The first-order valence-electron chi connectivity index (χ1n) is 6.20. The van der Waals surface area contributed by atoms with Crippen molar-refractivity contribution < 1.29 is 18.7 Å². The summed E-state index contributed by atoms with van der Waals surface area (Å²) in [4.78, 5) is 19.5. The Kier molecular flexibility index (Phi) is 3.17. The first-order chi connectivity index (χ1) is 10.0. The summed E-state index contributed by atoms with van der Waals surface area (Å²) in [6.07, 6.45) is 1.55. The molecule has 108 valence electrons. The van der Waals surface area contributed by atoms with E-state index in [1.54, 1.807) is 11.2 Å². The molecule has 1 aromatic heterocycles. The second kappa shape index (κ2) is 5.01. The molecule has 0 amide bonds. The van der Waals surface area contributed by atoms with Crippen LogP contribution in [0.5, 0.6) is 0 Å². The molecule has 0 spiro atoms. The standard InChI is InChI=1S/C14H11F2N3O2/c15-10-2-1-8(3-11(10)16)5-19-6-9-4-12(14(20)21)18-13(9)17-7-19/h1-4,7,18H,5-6H2,(H,20,21). The highest BCUT2D eigenvalue weighted by Crippen LogP contribution is 2.25. The van der Waals surface area contributed by atoms with E-state index >= 15 is 0 Å². The molecule has 2 aromatic rings. The highest BCUT2D eigenvalue weighted by Gasteiger charge is 2.18. The third kappa shape index (κ3) is 2.62. The van der Waals surface area contributed by atoms with Gasteiger partial charge in [-0.25, -0.2) is 18.6 Å². The lowest BCUT2D eigenvalue weighted by Crippen LogP contribution is -2.23. The second-order valence-corrected chi connectivity index (χ2v) is 4.76. The number of carboxylic acids is 1. The highest BCUT2D eigenvalue weighted by molar-refractivity contribution is 5.87. The zero-order chi connectivity index (χ0) is 15.0. The van der Waals surface area contributed by atoms with Crippen LogP contribution in [0.15, 0.2) is 29.3 Å². The summed E-state index contributed by atoms with van der Waals surface area (Å²) in [5, 5.41) is 8.92. The van der Waals surface area contributed by atoms with Gasteiger partial charge in [-0.15, -0.1) is 0 Å². The van der Waals surface area contributed by atoms with Gasteiger partial charge in [-0.3, -0.25) is 0 Å². The van der Waals surface area contributed by atoms with Crippen molar-refractivity contribution in [1.29, 1.82) is 0 Å². The predicted molar refractivity (Wildman–Crippen MR) is 71.5 cm³/mol. The number of aromatic carboxylic acids is 1. The number of aromatic amines is 1. The number of H-pyrrole nitrogens is 1. The molecule has 2 N–H and O–H groups in total. The molecule has 5 nitrogen and oxygen atoms in total. The van der Waals surface area contributed by atoms with E-state index < -0.39 is 17.6 Å². The Morgan fingerprint density at radius 2 is 2.14 bits per heavy atom. The Morgan fingerprint density at radius 1 is 1.33 bits per heavy atom. The van der Waals surface area contributed by atoms with Crippen molar-refractivity contribution in [3.8, 4) is 0 Å². The van der Waals surface area contributed by atoms with E-state index in [9.17, 15) is 13.6 Å². The van der Waals surface area contributed by atoms with Crippen molar-refractivity contribution in [2.75, 3.05) is 0 Å². The molecule has 0 radical (unpaired) electrons. The number of nitrogens with one attached hydrogen (secondary N) is 1. The monoisotopic (exact) mass is 291 g/mol. The number of benzene rings is 1. The van der Waals surface area contributed by atoms with Crippen molar-refractivity contribution >= 4 is 18.1 Å². The van der Waals surface area contributed by atoms with E-state index in [0.29, 0.717) is 24.5 Å². The fraction of sp³-hybridized carbons (Fsp3) is 0.143. The van der Waals surface area contributed by atoms with E-state index in [0.717, 1.165) is 17.7 Å². The van der Waals surface area contributed by atoms with Gasteiger partial charge in [0.25, 0.3) is 0 Å². The van der Waals surface area contributed by atoms with Crippen molar-refractivity contribution in [3.63, 3.8) is 0 Å². The lowest BCUT2D eigenvalue weighted by Gasteiger charge is -2.22. The molecular weight excluding hydrogens is 280 g/mol. The minimum Gasteiger partial charge on any atom is -0.477 e. The first-order valence-corrected chi connectivity index (χ1v) is 6.20. The summed E-state index contributed by atoms with van der Waals surface area (Å²) < 4.78 is 26.0. The van der Waals surface area contributed by atoms with Crippen LogP contribution in [-0.4, -0.2) is 27.3 Å². The van der Waals surface area contributed by atoms with E-state index in [4.69, 9.17) is 5.11 Å². The van der Waals surface area contributed by atoms with Crippen molar-refractivity contribution in [2.45, 2.75) is 13.1 Å². The minimum atomic E-state index is -1.05. The Labute approximate surface area is 118 Å². The van der Waals surface area contributed by atoms with Gasteiger partial charge < -0.3 is 15.0 Å². The van der Waals surface area contributed by atoms with Crippen LogP contribution in [0.25, 0.3) is 0 Å². The fourth-order valence-corrected chi connectivity index (χ4v) is 2.21. The molecule has 0 unspecified atom stereocenters. The minimum absolute atomic E-state index is 0.0758. The van der Waals surface area contributed by atoms with Crippen LogP contribution in [0.2, 0.25) is 0 Å². The molecular formula is C14H11F2N3O2. The summed E-state index contributed by atoms with van der Waals surface area (Å²) in [6.45, 7) is 0.801. The van der Waals surface area contributed by atoms with Gasteiger partial charge >= 0.3 is 5.97 Å². The molecule has 21 heavy (non-hydrogen) atoms. The maximum Gasteiger partial charge on any atom is 0.352 e. The third-order valence-electron chi connectivity index (χ3n) is 3.20. The molecule has 0 saturated carbocycles. The Morgan fingerprint density at radius 3 is 2.86 bits per heavy atom. The molecule has 1 aromatic carbocycles. The zero-order valence-electron chi connectivity index (χ0n) is 10.8. The predicted octanol–water partition coefficient (Wildman–Crippen LogP) is 2.67. The van der Waals surface area contributed by atoms with Crippen molar-refractivity contribution in [2.24, 2.45) is 4.99 Å². The van der Waals surface area contributed by atoms with Gasteiger partial charge in [0.2, 0.25) is 0 Å². The van der Waals surface area contributed by atoms with Crippen LogP contribution in [-0.2, 0) is 13.1 Å². The lowest BCUT2D eigenvalue weighted by atomic mass is 10.2. The number of nitrogens with zero attached hydrogens (tertiary/aromatic N) is 2. The quantitative estimate of drug-likeness (QED) is 0.913. The average Bonchev–Trinajstić information content (AvgIpc) is 2.86. The topological polar surface area (TPSA) is 68.7 Å². The van der Waals surface area contributed by atoms with Gasteiger partial charge in [0.15, 0.2) is 11.6 Å². The highest BCUT2D eigenvalue weighted by atomic mass is 19.2. The van der Waals surface area contributed by atoms with Crippen LogP contribution in [0.1, 0.15) is 21.6 Å². The summed E-state index contributed by atoms with van der Waals surface area (Å²) in [7, 11) is 0. The van der Waals surface area contributed by atoms with Crippen molar-refractivity contribution in [1.82, 2.24) is 9.88 Å². The number of halogens is 2. The van der Waals surface area contributed by atoms with Crippen LogP contribution >= 0.6 is 0 Å². The molecule has 1 aliphatic heterocycles. The maximum atomic E-state index is 13.2.